The number of methoxy groups -OCH3 is 1. The summed E-state index contributed by atoms with van der Waals surface area (Å²) >= 11 is 0. The minimum atomic E-state index is 0.228. The van der Waals surface area contributed by atoms with E-state index >= 15 is 0 Å². The smallest absolute Gasteiger partial charge is 0.0722 e. The number of hydrogen-bond acceptors (Lipinski definition) is 4. The second kappa shape index (κ2) is 6.33. The fourth-order valence-electron chi connectivity index (χ4n) is 2.04. The molecule has 1 aromatic heterocycles. The lowest BCUT2D eigenvalue weighted by Crippen LogP contribution is -2.27. The summed E-state index contributed by atoms with van der Waals surface area (Å²) in [5, 5.41) is 4.60. The number of nitrogens with zero attached hydrogens (tertiary/aromatic N) is 1. The molecule has 2 aromatic rings. The first-order valence-corrected chi connectivity index (χ1v) is 6.14. The maximum atomic E-state index is 5.62. The number of aromatic nitrogens is 1. The van der Waals surface area contributed by atoms with E-state index in [9.17, 15) is 0 Å². The van der Waals surface area contributed by atoms with Gasteiger partial charge in [-0.1, -0.05) is 18.2 Å². The molecule has 0 saturated carbocycles. The number of hydrogen-bond donors (Lipinski definition) is 2. The zero-order chi connectivity index (χ0) is 12.8. The summed E-state index contributed by atoms with van der Waals surface area (Å²) < 4.78 is 5.21. The van der Waals surface area contributed by atoms with Crippen molar-refractivity contribution in [2.24, 2.45) is 5.73 Å². The quantitative estimate of drug-likeness (QED) is 0.817. The van der Waals surface area contributed by atoms with Crippen LogP contribution in [-0.2, 0) is 4.74 Å². The summed E-state index contributed by atoms with van der Waals surface area (Å²) in [5.41, 5.74) is 7.69. The largest absolute Gasteiger partial charge is 0.383 e. The fourth-order valence-corrected chi connectivity index (χ4v) is 2.04. The number of fused-ring (bicyclic) bond motifs is 1. The van der Waals surface area contributed by atoms with E-state index in [0.29, 0.717) is 13.2 Å². The van der Waals surface area contributed by atoms with Crippen LogP contribution in [0.2, 0.25) is 0 Å². The second-order valence-corrected chi connectivity index (χ2v) is 4.25. The van der Waals surface area contributed by atoms with Gasteiger partial charge in [0.05, 0.1) is 18.2 Å². The minimum absolute atomic E-state index is 0.228. The van der Waals surface area contributed by atoms with Crippen molar-refractivity contribution in [1.29, 1.82) is 0 Å². The molecule has 0 radical (unpaired) electrons. The van der Waals surface area contributed by atoms with Crippen molar-refractivity contribution in [3.05, 3.63) is 36.5 Å². The van der Waals surface area contributed by atoms with Crippen molar-refractivity contribution in [1.82, 2.24) is 4.98 Å². The molecule has 0 spiro atoms. The second-order valence-electron chi connectivity index (χ2n) is 4.25. The first kappa shape index (κ1) is 12.8. The lowest BCUT2D eigenvalue weighted by molar-refractivity contribution is 0.183. The summed E-state index contributed by atoms with van der Waals surface area (Å²) in [7, 11) is 1.70. The first-order valence-electron chi connectivity index (χ1n) is 6.14. The standard InChI is InChI=1S/C14H19N3O/c1-18-10-11(6-8-15)17-14-7-9-16-13-5-3-2-4-12(13)14/h2-5,7,9,11H,6,8,10,15H2,1H3,(H,16,17). The molecule has 0 fully saturated rings. The van der Waals surface area contributed by atoms with Crippen LogP contribution in [0.4, 0.5) is 5.69 Å². The Labute approximate surface area is 107 Å². The average Bonchev–Trinajstić information content (AvgIpc) is 2.40. The molecule has 0 saturated heterocycles. The predicted octanol–water partition coefficient (Wildman–Crippen LogP) is 2.01. The summed E-state index contributed by atoms with van der Waals surface area (Å²) in [5.74, 6) is 0. The van der Waals surface area contributed by atoms with Crippen molar-refractivity contribution in [3.8, 4) is 0 Å². The molecule has 4 heteroatoms. The number of anilines is 1. The Kier molecular flexibility index (Phi) is 4.50. The molecule has 1 aromatic carbocycles. The van der Waals surface area contributed by atoms with Gasteiger partial charge in [0, 0.05) is 24.4 Å². The molecule has 1 unspecified atom stereocenters. The fraction of sp³-hybridized carbons (Fsp3) is 0.357. The highest BCUT2D eigenvalue weighted by molar-refractivity contribution is 5.90. The topological polar surface area (TPSA) is 60.2 Å². The van der Waals surface area contributed by atoms with E-state index in [-0.39, 0.29) is 6.04 Å². The van der Waals surface area contributed by atoms with E-state index in [1.54, 1.807) is 7.11 Å². The van der Waals surface area contributed by atoms with Crippen LogP contribution in [0.5, 0.6) is 0 Å². The van der Waals surface area contributed by atoms with Gasteiger partial charge in [-0.05, 0) is 25.1 Å². The number of nitrogens with two attached hydrogens (primary N) is 1. The Morgan fingerprint density at radius 2 is 2.17 bits per heavy atom. The van der Waals surface area contributed by atoms with Gasteiger partial charge in [0.25, 0.3) is 0 Å². The van der Waals surface area contributed by atoms with Gasteiger partial charge < -0.3 is 15.8 Å². The van der Waals surface area contributed by atoms with Gasteiger partial charge in [0.1, 0.15) is 0 Å². The summed E-state index contributed by atoms with van der Waals surface area (Å²) in [4.78, 5) is 4.35. The van der Waals surface area contributed by atoms with Crippen molar-refractivity contribution in [2.75, 3.05) is 25.6 Å². The first-order chi connectivity index (χ1) is 8.85. The Hall–Kier alpha value is -1.65. The van der Waals surface area contributed by atoms with Crippen LogP contribution in [0.15, 0.2) is 36.5 Å². The van der Waals surface area contributed by atoms with Gasteiger partial charge in [0.15, 0.2) is 0 Å². The highest BCUT2D eigenvalue weighted by Gasteiger charge is 2.09. The maximum Gasteiger partial charge on any atom is 0.0722 e. The molecule has 96 valence electrons. The molecule has 1 heterocycles. The van der Waals surface area contributed by atoms with E-state index < -0.39 is 0 Å². The van der Waals surface area contributed by atoms with Gasteiger partial charge in [-0.25, -0.2) is 0 Å². The molecule has 18 heavy (non-hydrogen) atoms. The van der Waals surface area contributed by atoms with Gasteiger partial charge in [0.2, 0.25) is 0 Å². The van der Waals surface area contributed by atoms with E-state index in [1.165, 1.54) is 0 Å². The molecular formula is C14H19N3O. The molecule has 1 atom stereocenters. The van der Waals surface area contributed by atoms with E-state index in [4.69, 9.17) is 10.5 Å². The minimum Gasteiger partial charge on any atom is -0.383 e. The van der Waals surface area contributed by atoms with Crippen molar-refractivity contribution in [3.63, 3.8) is 0 Å². The zero-order valence-electron chi connectivity index (χ0n) is 10.6. The van der Waals surface area contributed by atoms with Crippen LogP contribution >= 0.6 is 0 Å². The number of ether oxygens (including phenoxy) is 1. The zero-order valence-corrected chi connectivity index (χ0v) is 10.6. The maximum absolute atomic E-state index is 5.62. The van der Waals surface area contributed by atoms with Crippen LogP contribution < -0.4 is 11.1 Å². The normalized spacial score (nSPS) is 12.6. The molecule has 0 aliphatic rings. The van der Waals surface area contributed by atoms with Gasteiger partial charge >= 0.3 is 0 Å². The molecule has 3 N–H and O–H groups in total. The third-order valence-corrected chi connectivity index (χ3v) is 2.89. The van der Waals surface area contributed by atoms with Crippen LogP contribution in [0.1, 0.15) is 6.42 Å². The summed E-state index contributed by atoms with van der Waals surface area (Å²) in [6.45, 7) is 1.29. The third-order valence-electron chi connectivity index (χ3n) is 2.89. The summed E-state index contributed by atoms with van der Waals surface area (Å²) in [6, 6.07) is 10.3. The average molecular weight is 245 g/mol. The SMILES string of the molecule is COCC(CCN)Nc1ccnc2ccccc12. The third kappa shape index (κ3) is 2.97. The van der Waals surface area contributed by atoms with Gasteiger partial charge in [-0.15, -0.1) is 0 Å². The molecule has 0 amide bonds. The molecule has 4 nitrogen and oxygen atoms in total. The monoisotopic (exact) mass is 245 g/mol. The van der Waals surface area contributed by atoms with Gasteiger partial charge in [-0.3, -0.25) is 4.98 Å². The predicted molar refractivity (Wildman–Crippen MR) is 74.7 cm³/mol. The molecule has 2 rings (SSSR count). The number of benzene rings is 1. The number of nitrogens with one attached hydrogen (secondary N) is 1. The van der Waals surface area contributed by atoms with Crippen LogP contribution in [0.3, 0.4) is 0 Å². The number of rotatable bonds is 6. The lowest BCUT2D eigenvalue weighted by atomic mass is 10.1. The molecule has 0 bridgehead atoms. The molecule has 0 aliphatic heterocycles. The number of pyridine rings is 1. The van der Waals surface area contributed by atoms with E-state index in [2.05, 4.69) is 16.4 Å². The lowest BCUT2D eigenvalue weighted by Gasteiger charge is -2.19. The molecular weight excluding hydrogens is 226 g/mol. The van der Waals surface area contributed by atoms with Gasteiger partial charge in [-0.2, -0.15) is 0 Å². The Bertz CT molecular complexity index is 490. The van der Waals surface area contributed by atoms with Crippen molar-refractivity contribution < 1.29 is 4.74 Å². The highest BCUT2D eigenvalue weighted by atomic mass is 16.5. The number of para-hydroxylation sites is 1. The van der Waals surface area contributed by atoms with E-state index in [1.807, 2.05) is 30.5 Å². The van der Waals surface area contributed by atoms with Crippen molar-refractivity contribution >= 4 is 16.6 Å². The van der Waals surface area contributed by atoms with Crippen LogP contribution in [0.25, 0.3) is 10.9 Å². The molecule has 0 aliphatic carbocycles. The van der Waals surface area contributed by atoms with Crippen molar-refractivity contribution in [2.45, 2.75) is 12.5 Å². The highest BCUT2D eigenvalue weighted by Crippen LogP contribution is 2.22. The Morgan fingerprint density at radius 1 is 1.33 bits per heavy atom. The summed E-state index contributed by atoms with van der Waals surface area (Å²) in [6.07, 6.45) is 2.70. The Morgan fingerprint density at radius 3 is 2.94 bits per heavy atom. The Balaban J connectivity index is 2.24. The van der Waals surface area contributed by atoms with Crippen LogP contribution in [-0.4, -0.2) is 31.3 Å². The van der Waals surface area contributed by atoms with Crippen LogP contribution in [0, 0.1) is 0 Å². The van der Waals surface area contributed by atoms with E-state index in [0.717, 1.165) is 23.0 Å².